The van der Waals surface area contributed by atoms with Gasteiger partial charge in [0, 0.05) is 30.1 Å². The second kappa shape index (κ2) is 6.97. The highest BCUT2D eigenvalue weighted by molar-refractivity contribution is 6.15. The molecule has 0 saturated carbocycles. The normalized spacial score (nSPS) is 18.4. The molecule has 24 heavy (non-hydrogen) atoms. The summed E-state index contributed by atoms with van der Waals surface area (Å²) in [6.07, 6.45) is 0.363. The average molecular weight is 323 g/mol. The molecule has 0 aromatic heterocycles. The first kappa shape index (κ1) is 16.4. The molecule has 4 nitrogen and oxygen atoms in total. The minimum Gasteiger partial charge on any atom is -0.393 e. The van der Waals surface area contributed by atoms with Crippen LogP contribution in [0, 0.1) is 5.92 Å². The van der Waals surface area contributed by atoms with Crippen LogP contribution < -0.4 is 0 Å². The monoisotopic (exact) mass is 323 g/mol. The van der Waals surface area contributed by atoms with Gasteiger partial charge in [0.05, 0.1) is 11.7 Å². The number of ketones is 1. The Morgan fingerprint density at radius 2 is 1.67 bits per heavy atom. The van der Waals surface area contributed by atoms with Crippen LogP contribution in [0.2, 0.25) is 0 Å². The molecule has 2 aromatic carbocycles. The molecule has 0 bridgehead atoms. The van der Waals surface area contributed by atoms with E-state index < -0.39 is 6.10 Å². The fraction of sp³-hybridized carbons (Fsp3) is 0.300. The lowest BCUT2D eigenvalue weighted by atomic mass is 9.97. The summed E-state index contributed by atoms with van der Waals surface area (Å²) in [5, 5.41) is 9.72. The molecule has 2 atom stereocenters. The van der Waals surface area contributed by atoms with E-state index in [1.54, 1.807) is 48.2 Å². The smallest absolute Gasteiger partial charge is 0.254 e. The number of hydrogen-bond acceptors (Lipinski definition) is 3. The van der Waals surface area contributed by atoms with Crippen molar-refractivity contribution in [1.29, 1.82) is 0 Å². The Hall–Kier alpha value is -2.46. The van der Waals surface area contributed by atoms with Crippen molar-refractivity contribution in [3.63, 3.8) is 0 Å². The summed E-state index contributed by atoms with van der Waals surface area (Å²) in [6, 6.07) is 15.9. The predicted molar refractivity (Wildman–Crippen MR) is 92.0 cm³/mol. The van der Waals surface area contributed by atoms with Crippen molar-refractivity contribution in [2.45, 2.75) is 19.4 Å². The Bertz CT molecular complexity index is 740. The van der Waals surface area contributed by atoms with Crippen molar-refractivity contribution in [2.75, 3.05) is 13.1 Å². The Morgan fingerprint density at radius 3 is 2.29 bits per heavy atom. The van der Waals surface area contributed by atoms with Crippen LogP contribution in [0.15, 0.2) is 54.6 Å². The van der Waals surface area contributed by atoms with Crippen LogP contribution in [0.5, 0.6) is 0 Å². The van der Waals surface area contributed by atoms with Crippen LogP contribution in [0.3, 0.4) is 0 Å². The summed E-state index contributed by atoms with van der Waals surface area (Å²) in [4.78, 5) is 27.3. The molecule has 0 aliphatic carbocycles. The number of carbonyl (C=O) groups is 2. The molecule has 0 radical (unpaired) electrons. The zero-order valence-corrected chi connectivity index (χ0v) is 13.7. The van der Waals surface area contributed by atoms with E-state index in [0.717, 1.165) is 6.42 Å². The molecule has 2 aromatic rings. The first-order valence-electron chi connectivity index (χ1n) is 8.24. The molecule has 1 amide bonds. The van der Waals surface area contributed by atoms with Gasteiger partial charge < -0.3 is 10.0 Å². The Kier molecular flexibility index (Phi) is 4.76. The lowest BCUT2D eigenvalue weighted by Gasteiger charge is -2.19. The fourth-order valence-electron chi connectivity index (χ4n) is 3.15. The van der Waals surface area contributed by atoms with Crippen LogP contribution in [0.25, 0.3) is 0 Å². The van der Waals surface area contributed by atoms with Crippen LogP contribution in [0.4, 0.5) is 0 Å². The van der Waals surface area contributed by atoms with Crippen LogP contribution in [0.1, 0.15) is 39.6 Å². The molecule has 1 aliphatic rings. The van der Waals surface area contributed by atoms with Gasteiger partial charge in [0.2, 0.25) is 0 Å². The van der Waals surface area contributed by atoms with Crippen LogP contribution in [-0.4, -0.2) is 40.9 Å². The molecule has 4 heteroatoms. The quantitative estimate of drug-likeness (QED) is 0.880. The Morgan fingerprint density at radius 1 is 1.04 bits per heavy atom. The first-order chi connectivity index (χ1) is 11.6. The van der Waals surface area contributed by atoms with Crippen LogP contribution in [-0.2, 0) is 0 Å². The van der Waals surface area contributed by atoms with Gasteiger partial charge in [-0.2, -0.15) is 0 Å². The second-order valence-corrected chi connectivity index (χ2v) is 6.28. The molecule has 2 unspecified atom stereocenters. The van der Waals surface area contributed by atoms with E-state index in [-0.39, 0.29) is 17.6 Å². The highest BCUT2D eigenvalue weighted by atomic mass is 16.3. The third-order valence-corrected chi connectivity index (χ3v) is 4.63. The number of nitrogens with zero attached hydrogens (tertiary/aromatic N) is 1. The maximum Gasteiger partial charge on any atom is 0.254 e. The fourth-order valence-corrected chi connectivity index (χ4v) is 3.15. The highest BCUT2D eigenvalue weighted by Gasteiger charge is 2.31. The van der Waals surface area contributed by atoms with Gasteiger partial charge in [-0.15, -0.1) is 0 Å². The van der Waals surface area contributed by atoms with Crippen molar-refractivity contribution < 1.29 is 14.7 Å². The van der Waals surface area contributed by atoms with E-state index in [1.807, 2.05) is 18.2 Å². The molecule has 1 aliphatic heterocycles. The minimum atomic E-state index is -0.427. The number of benzene rings is 2. The van der Waals surface area contributed by atoms with E-state index in [2.05, 4.69) is 0 Å². The second-order valence-electron chi connectivity index (χ2n) is 6.28. The highest BCUT2D eigenvalue weighted by Crippen LogP contribution is 2.23. The summed E-state index contributed by atoms with van der Waals surface area (Å²) in [5.74, 6) is -0.185. The molecule has 1 heterocycles. The molecule has 0 spiro atoms. The van der Waals surface area contributed by atoms with E-state index in [0.29, 0.717) is 29.8 Å². The van der Waals surface area contributed by atoms with Gasteiger partial charge >= 0.3 is 0 Å². The number of likely N-dealkylation sites (tertiary alicyclic amines) is 1. The zero-order chi connectivity index (χ0) is 17.1. The standard InChI is InChI=1S/C20H21NO3/c1-14(22)16-11-12-21(13-16)20(24)18-10-6-5-9-17(18)19(23)15-7-3-2-4-8-15/h2-10,14,16,22H,11-13H2,1H3. The van der Waals surface area contributed by atoms with Gasteiger partial charge in [0.15, 0.2) is 5.78 Å². The average Bonchev–Trinajstić information content (AvgIpc) is 3.12. The van der Waals surface area contributed by atoms with Crippen molar-refractivity contribution in [3.8, 4) is 0 Å². The van der Waals surface area contributed by atoms with Gasteiger partial charge in [0.25, 0.3) is 5.91 Å². The molecular weight excluding hydrogens is 302 g/mol. The van der Waals surface area contributed by atoms with Gasteiger partial charge in [-0.3, -0.25) is 9.59 Å². The number of hydrogen-bond donors (Lipinski definition) is 1. The molecule has 1 saturated heterocycles. The van der Waals surface area contributed by atoms with E-state index in [4.69, 9.17) is 0 Å². The first-order valence-corrected chi connectivity index (χ1v) is 8.24. The topological polar surface area (TPSA) is 57.6 Å². The number of carbonyl (C=O) groups excluding carboxylic acids is 2. The maximum absolute atomic E-state index is 12.9. The number of amides is 1. The summed E-state index contributed by atoms with van der Waals surface area (Å²) < 4.78 is 0. The Labute approximate surface area is 141 Å². The molecule has 3 rings (SSSR count). The van der Waals surface area contributed by atoms with E-state index >= 15 is 0 Å². The number of rotatable bonds is 4. The largest absolute Gasteiger partial charge is 0.393 e. The van der Waals surface area contributed by atoms with Crippen molar-refractivity contribution in [2.24, 2.45) is 5.92 Å². The summed E-state index contributed by atoms with van der Waals surface area (Å²) in [7, 11) is 0. The minimum absolute atomic E-state index is 0.103. The third kappa shape index (κ3) is 3.24. The molecular formula is C20H21NO3. The van der Waals surface area contributed by atoms with Gasteiger partial charge in [-0.1, -0.05) is 48.5 Å². The lowest BCUT2D eigenvalue weighted by molar-refractivity contribution is 0.0758. The van der Waals surface area contributed by atoms with E-state index in [1.165, 1.54) is 0 Å². The van der Waals surface area contributed by atoms with E-state index in [9.17, 15) is 14.7 Å². The van der Waals surface area contributed by atoms with Crippen molar-refractivity contribution in [1.82, 2.24) is 4.90 Å². The third-order valence-electron chi connectivity index (χ3n) is 4.63. The summed E-state index contributed by atoms with van der Waals surface area (Å²) in [5.41, 5.74) is 1.42. The van der Waals surface area contributed by atoms with Crippen molar-refractivity contribution >= 4 is 11.7 Å². The summed E-state index contributed by atoms with van der Waals surface area (Å²) >= 11 is 0. The van der Waals surface area contributed by atoms with Crippen molar-refractivity contribution in [3.05, 3.63) is 71.3 Å². The number of aliphatic hydroxyl groups excluding tert-OH is 1. The Balaban J connectivity index is 1.87. The zero-order valence-electron chi connectivity index (χ0n) is 13.7. The summed E-state index contributed by atoms with van der Waals surface area (Å²) in [6.45, 7) is 2.90. The molecule has 1 fully saturated rings. The van der Waals surface area contributed by atoms with Gasteiger partial charge in [-0.05, 0) is 19.4 Å². The maximum atomic E-state index is 12.9. The van der Waals surface area contributed by atoms with Gasteiger partial charge in [0.1, 0.15) is 0 Å². The molecule has 124 valence electrons. The lowest BCUT2D eigenvalue weighted by Crippen LogP contribution is -2.31. The van der Waals surface area contributed by atoms with Gasteiger partial charge in [-0.25, -0.2) is 0 Å². The number of aliphatic hydroxyl groups is 1. The predicted octanol–water partition coefficient (Wildman–Crippen LogP) is 2.76. The SMILES string of the molecule is CC(O)C1CCN(C(=O)c2ccccc2C(=O)c2ccccc2)C1. The van der Waals surface area contributed by atoms with Crippen LogP contribution >= 0.6 is 0 Å². The molecule has 1 N–H and O–H groups in total.